The maximum Gasteiger partial charge on any atom is 0.233 e. The van der Waals surface area contributed by atoms with Gasteiger partial charge in [-0.05, 0) is 18.9 Å². The lowest BCUT2D eigenvalue weighted by Crippen LogP contribution is -2.35. The zero-order valence-corrected chi connectivity index (χ0v) is 11.9. The lowest BCUT2D eigenvalue weighted by molar-refractivity contribution is 0.396. The predicted molar refractivity (Wildman–Crippen MR) is 78.3 cm³/mol. The third-order valence-electron chi connectivity index (χ3n) is 3.87. The van der Waals surface area contributed by atoms with Crippen LogP contribution < -0.4 is 9.64 Å². The van der Waals surface area contributed by atoms with Gasteiger partial charge in [0.2, 0.25) is 5.88 Å². The quantitative estimate of drug-likeness (QED) is 0.933. The fourth-order valence-electron chi connectivity index (χ4n) is 2.88. The van der Waals surface area contributed by atoms with Gasteiger partial charge in [-0.15, -0.1) is 0 Å². The number of aromatic amines is 1. The van der Waals surface area contributed by atoms with E-state index in [9.17, 15) is 5.26 Å². The Morgan fingerprint density at radius 2 is 2.33 bits per heavy atom. The first-order valence-electron chi connectivity index (χ1n) is 7.00. The molecule has 1 saturated heterocycles. The zero-order chi connectivity index (χ0) is 14.7. The van der Waals surface area contributed by atoms with Crippen LogP contribution in [0.2, 0.25) is 0 Å². The summed E-state index contributed by atoms with van der Waals surface area (Å²) in [5.41, 5.74) is 1.39. The number of piperidine rings is 1. The SMILES string of the molecule is COc1nccc(N2CCC[C@@H](c3ncc[nH]3)C2)c1C#N. The molecule has 1 aliphatic rings. The number of ether oxygens (including phenoxy) is 1. The number of hydrogen-bond acceptors (Lipinski definition) is 5. The van der Waals surface area contributed by atoms with E-state index in [1.54, 1.807) is 12.4 Å². The van der Waals surface area contributed by atoms with Crippen molar-refractivity contribution in [1.29, 1.82) is 5.26 Å². The first-order chi connectivity index (χ1) is 10.3. The number of pyridine rings is 1. The Hall–Kier alpha value is -2.55. The normalized spacial score (nSPS) is 18.3. The van der Waals surface area contributed by atoms with Crippen LogP contribution in [0.3, 0.4) is 0 Å². The molecule has 0 aliphatic carbocycles. The minimum absolute atomic E-state index is 0.361. The first-order valence-corrected chi connectivity index (χ1v) is 7.00. The van der Waals surface area contributed by atoms with Crippen molar-refractivity contribution in [1.82, 2.24) is 15.0 Å². The molecule has 0 bridgehead atoms. The van der Waals surface area contributed by atoms with Gasteiger partial charge in [0.25, 0.3) is 0 Å². The monoisotopic (exact) mass is 283 g/mol. The second-order valence-corrected chi connectivity index (χ2v) is 5.09. The smallest absolute Gasteiger partial charge is 0.233 e. The average molecular weight is 283 g/mol. The maximum absolute atomic E-state index is 9.40. The van der Waals surface area contributed by atoms with Gasteiger partial charge >= 0.3 is 0 Å². The van der Waals surface area contributed by atoms with Crippen molar-refractivity contribution < 1.29 is 4.74 Å². The van der Waals surface area contributed by atoms with Crippen LogP contribution in [-0.2, 0) is 0 Å². The molecule has 1 fully saturated rings. The number of anilines is 1. The lowest BCUT2D eigenvalue weighted by atomic mass is 9.96. The van der Waals surface area contributed by atoms with Crippen LogP contribution in [0.5, 0.6) is 5.88 Å². The molecule has 0 radical (unpaired) electrons. The number of imidazole rings is 1. The molecule has 0 spiro atoms. The number of hydrogen-bond donors (Lipinski definition) is 1. The second kappa shape index (κ2) is 5.83. The molecule has 0 unspecified atom stereocenters. The number of nitriles is 1. The lowest BCUT2D eigenvalue weighted by Gasteiger charge is -2.34. The third-order valence-corrected chi connectivity index (χ3v) is 3.87. The molecule has 1 aliphatic heterocycles. The molecule has 3 heterocycles. The van der Waals surface area contributed by atoms with Gasteiger partial charge in [0.1, 0.15) is 17.5 Å². The molecular formula is C15H17N5O. The van der Waals surface area contributed by atoms with Crippen molar-refractivity contribution >= 4 is 5.69 Å². The number of nitrogens with one attached hydrogen (secondary N) is 1. The largest absolute Gasteiger partial charge is 0.480 e. The van der Waals surface area contributed by atoms with Gasteiger partial charge in [-0.1, -0.05) is 0 Å². The summed E-state index contributed by atoms with van der Waals surface area (Å²) < 4.78 is 5.19. The fraction of sp³-hybridized carbons (Fsp3) is 0.400. The van der Waals surface area contributed by atoms with E-state index in [0.29, 0.717) is 17.4 Å². The molecule has 0 amide bonds. The Morgan fingerprint density at radius 1 is 1.43 bits per heavy atom. The van der Waals surface area contributed by atoms with E-state index in [1.807, 2.05) is 12.3 Å². The number of rotatable bonds is 3. The highest BCUT2D eigenvalue weighted by Crippen LogP contribution is 2.32. The number of aromatic nitrogens is 3. The van der Waals surface area contributed by atoms with Crippen LogP contribution in [0, 0.1) is 11.3 Å². The van der Waals surface area contributed by atoms with Gasteiger partial charge in [-0.25, -0.2) is 9.97 Å². The molecule has 2 aromatic rings. The molecule has 0 saturated carbocycles. The van der Waals surface area contributed by atoms with E-state index < -0.39 is 0 Å². The summed E-state index contributed by atoms with van der Waals surface area (Å²) in [6, 6.07) is 4.09. The Morgan fingerprint density at radius 3 is 3.05 bits per heavy atom. The highest BCUT2D eigenvalue weighted by molar-refractivity contribution is 5.63. The highest BCUT2D eigenvalue weighted by Gasteiger charge is 2.25. The number of nitrogens with zero attached hydrogens (tertiary/aromatic N) is 4. The van der Waals surface area contributed by atoms with Crippen molar-refractivity contribution in [3.05, 3.63) is 36.0 Å². The molecule has 1 atom stereocenters. The first kappa shape index (κ1) is 13.4. The number of methoxy groups -OCH3 is 1. The molecule has 6 heteroatoms. The standard InChI is InChI=1S/C15H17N5O/c1-21-15-12(9-16)13(4-5-19-15)20-8-2-3-11(10-20)14-17-6-7-18-14/h4-7,11H,2-3,8,10H2,1H3,(H,17,18)/t11-/m1/s1. The molecule has 108 valence electrons. The van der Waals surface area contributed by atoms with E-state index in [-0.39, 0.29) is 0 Å². The van der Waals surface area contributed by atoms with Gasteiger partial charge in [0.05, 0.1) is 12.8 Å². The van der Waals surface area contributed by atoms with Gasteiger partial charge in [0, 0.05) is 37.6 Å². The zero-order valence-electron chi connectivity index (χ0n) is 11.9. The molecule has 2 aromatic heterocycles. The minimum atomic E-state index is 0.361. The van der Waals surface area contributed by atoms with E-state index >= 15 is 0 Å². The van der Waals surface area contributed by atoms with Gasteiger partial charge in [-0.2, -0.15) is 5.26 Å². The van der Waals surface area contributed by atoms with Gasteiger partial charge < -0.3 is 14.6 Å². The summed E-state index contributed by atoms with van der Waals surface area (Å²) in [7, 11) is 1.54. The maximum atomic E-state index is 9.40. The molecular weight excluding hydrogens is 266 g/mol. The fourth-order valence-corrected chi connectivity index (χ4v) is 2.88. The number of H-pyrrole nitrogens is 1. The van der Waals surface area contributed by atoms with Crippen molar-refractivity contribution in [3.8, 4) is 11.9 Å². The Bertz CT molecular complexity index is 647. The van der Waals surface area contributed by atoms with Crippen molar-refractivity contribution in [2.24, 2.45) is 0 Å². The Balaban J connectivity index is 1.89. The van der Waals surface area contributed by atoms with E-state index in [4.69, 9.17) is 4.74 Å². The van der Waals surface area contributed by atoms with E-state index in [0.717, 1.165) is 37.4 Å². The van der Waals surface area contributed by atoms with Crippen LogP contribution in [0.4, 0.5) is 5.69 Å². The van der Waals surface area contributed by atoms with Crippen molar-refractivity contribution in [2.45, 2.75) is 18.8 Å². The molecule has 6 nitrogen and oxygen atoms in total. The third kappa shape index (κ3) is 2.55. The summed E-state index contributed by atoms with van der Waals surface area (Å²) in [6.07, 6.45) is 7.50. The second-order valence-electron chi connectivity index (χ2n) is 5.09. The van der Waals surface area contributed by atoms with E-state index in [1.165, 1.54) is 7.11 Å². The summed E-state index contributed by atoms with van der Waals surface area (Å²) in [4.78, 5) is 13.9. The summed E-state index contributed by atoms with van der Waals surface area (Å²) in [5.74, 6) is 1.76. The van der Waals surface area contributed by atoms with Crippen LogP contribution in [0.25, 0.3) is 0 Å². The van der Waals surface area contributed by atoms with Crippen LogP contribution >= 0.6 is 0 Å². The van der Waals surface area contributed by atoms with Crippen LogP contribution in [-0.4, -0.2) is 35.2 Å². The van der Waals surface area contributed by atoms with E-state index in [2.05, 4.69) is 25.9 Å². The molecule has 1 N–H and O–H groups in total. The minimum Gasteiger partial charge on any atom is -0.480 e. The Kier molecular flexibility index (Phi) is 3.73. The van der Waals surface area contributed by atoms with Crippen molar-refractivity contribution in [2.75, 3.05) is 25.1 Å². The van der Waals surface area contributed by atoms with Crippen LogP contribution in [0.1, 0.15) is 30.1 Å². The van der Waals surface area contributed by atoms with Gasteiger partial charge in [0.15, 0.2) is 0 Å². The molecule has 21 heavy (non-hydrogen) atoms. The Labute approximate surface area is 123 Å². The molecule has 3 rings (SSSR count). The topological polar surface area (TPSA) is 77.8 Å². The summed E-state index contributed by atoms with van der Waals surface area (Å²) in [6.45, 7) is 1.77. The predicted octanol–water partition coefficient (Wildman–Crippen LogP) is 2.07. The molecule has 0 aromatic carbocycles. The van der Waals surface area contributed by atoms with Gasteiger partial charge in [-0.3, -0.25) is 0 Å². The summed E-state index contributed by atoms with van der Waals surface area (Å²) >= 11 is 0. The summed E-state index contributed by atoms with van der Waals surface area (Å²) in [5, 5.41) is 9.40. The van der Waals surface area contributed by atoms with Crippen molar-refractivity contribution in [3.63, 3.8) is 0 Å². The average Bonchev–Trinajstić information content (AvgIpc) is 3.08. The van der Waals surface area contributed by atoms with Crippen LogP contribution in [0.15, 0.2) is 24.7 Å². The highest BCUT2D eigenvalue weighted by atomic mass is 16.5.